The molecule has 0 bridgehead atoms. The van der Waals surface area contributed by atoms with Gasteiger partial charge in [-0.05, 0) is 31.5 Å². The minimum absolute atomic E-state index is 0.153. The maximum atomic E-state index is 12.7. The molecule has 1 aromatic carbocycles. The van der Waals surface area contributed by atoms with Crippen molar-refractivity contribution in [3.8, 4) is 0 Å². The monoisotopic (exact) mass is 288 g/mol. The number of rotatable bonds is 5. The third-order valence-electron chi connectivity index (χ3n) is 3.18. The standard InChI is InChI=1S/C14H19F3N2O/c1-3-19(13(20)7-8-18)10(2)11-5-4-6-12(9-11)14(15,16)17/h4-6,9-10H,3,7-8,18H2,1-2H3/t10-/m0/s1. The second-order valence-corrected chi connectivity index (χ2v) is 4.52. The Morgan fingerprint density at radius 3 is 2.55 bits per heavy atom. The Morgan fingerprint density at radius 2 is 2.05 bits per heavy atom. The van der Waals surface area contributed by atoms with Crippen LogP contribution >= 0.6 is 0 Å². The molecule has 1 atom stereocenters. The molecule has 0 aliphatic heterocycles. The average Bonchev–Trinajstić information content (AvgIpc) is 2.39. The van der Waals surface area contributed by atoms with E-state index in [9.17, 15) is 18.0 Å². The summed E-state index contributed by atoms with van der Waals surface area (Å²) in [7, 11) is 0. The van der Waals surface area contributed by atoms with Crippen LogP contribution in [0.5, 0.6) is 0 Å². The molecule has 1 amide bonds. The van der Waals surface area contributed by atoms with Crippen LogP contribution < -0.4 is 5.73 Å². The minimum atomic E-state index is -4.38. The minimum Gasteiger partial charge on any atom is -0.336 e. The Kier molecular flexibility index (Phi) is 5.56. The van der Waals surface area contributed by atoms with E-state index in [4.69, 9.17) is 5.73 Å². The van der Waals surface area contributed by atoms with E-state index in [2.05, 4.69) is 0 Å². The summed E-state index contributed by atoms with van der Waals surface area (Å²) >= 11 is 0. The Hall–Kier alpha value is -1.56. The zero-order chi connectivity index (χ0) is 15.3. The lowest BCUT2D eigenvalue weighted by Gasteiger charge is -2.29. The van der Waals surface area contributed by atoms with Gasteiger partial charge < -0.3 is 10.6 Å². The number of hydrogen-bond acceptors (Lipinski definition) is 2. The molecule has 1 rings (SSSR count). The van der Waals surface area contributed by atoms with Crippen LogP contribution in [0.2, 0.25) is 0 Å². The molecule has 0 aliphatic carbocycles. The van der Waals surface area contributed by atoms with E-state index < -0.39 is 17.8 Å². The summed E-state index contributed by atoms with van der Waals surface area (Å²) in [6, 6.07) is 4.65. The maximum Gasteiger partial charge on any atom is 0.416 e. The van der Waals surface area contributed by atoms with Crippen LogP contribution in [0.25, 0.3) is 0 Å². The molecule has 0 radical (unpaired) electrons. The average molecular weight is 288 g/mol. The molecule has 0 saturated carbocycles. The van der Waals surface area contributed by atoms with Gasteiger partial charge in [-0.3, -0.25) is 4.79 Å². The highest BCUT2D eigenvalue weighted by Gasteiger charge is 2.31. The topological polar surface area (TPSA) is 46.3 Å². The highest BCUT2D eigenvalue weighted by Crippen LogP contribution is 2.31. The Balaban J connectivity index is 3.01. The van der Waals surface area contributed by atoms with Gasteiger partial charge in [0, 0.05) is 19.5 Å². The van der Waals surface area contributed by atoms with E-state index in [1.807, 2.05) is 0 Å². The van der Waals surface area contributed by atoms with Crippen molar-refractivity contribution in [1.82, 2.24) is 4.90 Å². The first-order valence-corrected chi connectivity index (χ1v) is 6.48. The van der Waals surface area contributed by atoms with Crippen molar-refractivity contribution in [2.45, 2.75) is 32.5 Å². The first kappa shape index (κ1) is 16.5. The van der Waals surface area contributed by atoms with Crippen LogP contribution in [0.3, 0.4) is 0 Å². The number of carbonyl (C=O) groups excluding carboxylic acids is 1. The quantitative estimate of drug-likeness (QED) is 0.905. The van der Waals surface area contributed by atoms with Crippen LogP contribution in [-0.2, 0) is 11.0 Å². The Morgan fingerprint density at radius 1 is 1.40 bits per heavy atom. The van der Waals surface area contributed by atoms with Gasteiger partial charge >= 0.3 is 6.18 Å². The predicted molar refractivity (Wildman–Crippen MR) is 70.9 cm³/mol. The fraction of sp³-hybridized carbons (Fsp3) is 0.500. The van der Waals surface area contributed by atoms with Gasteiger partial charge in [-0.1, -0.05) is 12.1 Å². The number of halogens is 3. The SMILES string of the molecule is CCN(C(=O)CCN)[C@@H](C)c1cccc(C(F)(F)F)c1. The van der Waals surface area contributed by atoms with Crippen LogP contribution in [0.15, 0.2) is 24.3 Å². The van der Waals surface area contributed by atoms with E-state index in [0.29, 0.717) is 12.1 Å². The number of nitrogens with zero attached hydrogens (tertiary/aromatic N) is 1. The molecule has 0 heterocycles. The van der Waals surface area contributed by atoms with Crippen molar-refractivity contribution in [3.05, 3.63) is 35.4 Å². The first-order valence-electron chi connectivity index (χ1n) is 6.48. The van der Waals surface area contributed by atoms with E-state index in [0.717, 1.165) is 12.1 Å². The summed E-state index contributed by atoms with van der Waals surface area (Å²) in [5.74, 6) is -0.153. The Labute approximate surface area is 116 Å². The number of alkyl halides is 3. The zero-order valence-electron chi connectivity index (χ0n) is 11.6. The molecule has 0 aliphatic rings. The maximum absolute atomic E-state index is 12.7. The van der Waals surface area contributed by atoms with Gasteiger partial charge in [0.25, 0.3) is 0 Å². The van der Waals surface area contributed by atoms with Crippen molar-refractivity contribution in [3.63, 3.8) is 0 Å². The molecule has 6 heteroatoms. The summed E-state index contributed by atoms with van der Waals surface area (Å²) in [6.45, 7) is 4.16. The third kappa shape index (κ3) is 3.96. The van der Waals surface area contributed by atoms with Crippen molar-refractivity contribution in [2.24, 2.45) is 5.73 Å². The molecule has 2 N–H and O–H groups in total. The van der Waals surface area contributed by atoms with Gasteiger partial charge in [-0.25, -0.2) is 0 Å². The third-order valence-corrected chi connectivity index (χ3v) is 3.18. The molecule has 20 heavy (non-hydrogen) atoms. The van der Waals surface area contributed by atoms with E-state index in [1.165, 1.54) is 11.0 Å². The number of nitrogens with two attached hydrogens (primary N) is 1. The molecule has 0 aromatic heterocycles. The van der Waals surface area contributed by atoms with Crippen molar-refractivity contribution in [2.75, 3.05) is 13.1 Å². The second kappa shape index (κ2) is 6.74. The summed E-state index contributed by atoms with van der Waals surface area (Å²) in [6.07, 6.45) is -4.19. The molecule has 3 nitrogen and oxygen atoms in total. The zero-order valence-corrected chi connectivity index (χ0v) is 11.6. The summed E-state index contributed by atoms with van der Waals surface area (Å²) in [4.78, 5) is 13.4. The molecular weight excluding hydrogens is 269 g/mol. The summed E-state index contributed by atoms with van der Waals surface area (Å²) < 4.78 is 38.1. The van der Waals surface area contributed by atoms with E-state index in [1.54, 1.807) is 19.9 Å². The largest absolute Gasteiger partial charge is 0.416 e. The molecule has 1 aromatic rings. The lowest BCUT2D eigenvalue weighted by atomic mass is 10.0. The molecule has 112 valence electrons. The van der Waals surface area contributed by atoms with E-state index >= 15 is 0 Å². The van der Waals surface area contributed by atoms with Crippen LogP contribution in [0, 0.1) is 0 Å². The number of benzene rings is 1. The van der Waals surface area contributed by atoms with Crippen LogP contribution in [0.1, 0.15) is 37.4 Å². The molecule has 0 saturated heterocycles. The number of hydrogen-bond donors (Lipinski definition) is 1. The lowest BCUT2D eigenvalue weighted by Crippen LogP contribution is -2.34. The molecular formula is C14H19F3N2O. The Bertz CT molecular complexity index is 460. The van der Waals surface area contributed by atoms with Gasteiger partial charge in [0.05, 0.1) is 11.6 Å². The fourth-order valence-corrected chi connectivity index (χ4v) is 2.09. The number of carbonyl (C=O) groups is 1. The van der Waals surface area contributed by atoms with E-state index in [-0.39, 0.29) is 18.9 Å². The van der Waals surface area contributed by atoms with Crippen molar-refractivity contribution >= 4 is 5.91 Å². The van der Waals surface area contributed by atoms with Crippen molar-refractivity contribution < 1.29 is 18.0 Å². The fourth-order valence-electron chi connectivity index (χ4n) is 2.09. The lowest BCUT2D eigenvalue weighted by molar-refractivity contribution is -0.137. The van der Waals surface area contributed by atoms with Gasteiger partial charge in [0.15, 0.2) is 0 Å². The highest BCUT2D eigenvalue weighted by atomic mass is 19.4. The predicted octanol–water partition coefficient (Wildman–Crippen LogP) is 2.96. The summed E-state index contributed by atoms with van der Waals surface area (Å²) in [5.41, 5.74) is 5.11. The first-order chi connectivity index (χ1) is 9.31. The molecule has 0 spiro atoms. The smallest absolute Gasteiger partial charge is 0.336 e. The normalized spacial score (nSPS) is 13.1. The molecule has 0 unspecified atom stereocenters. The van der Waals surface area contributed by atoms with Gasteiger partial charge in [-0.15, -0.1) is 0 Å². The summed E-state index contributed by atoms with van der Waals surface area (Å²) in [5, 5.41) is 0. The second-order valence-electron chi connectivity index (χ2n) is 4.52. The van der Waals surface area contributed by atoms with Gasteiger partial charge in [0.2, 0.25) is 5.91 Å². The van der Waals surface area contributed by atoms with Gasteiger partial charge in [-0.2, -0.15) is 13.2 Å². The van der Waals surface area contributed by atoms with Crippen LogP contribution in [0.4, 0.5) is 13.2 Å². The van der Waals surface area contributed by atoms with Crippen LogP contribution in [-0.4, -0.2) is 23.9 Å². The number of amides is 1. The van der Waals surface area contributed by atoms with Gasteiger partial charge in [0.1, 0.15) is 0 Å². The highest BCUT2D eigenvalue weighted by molar-refractivity contribution is 5.76. The molecule has 0 fully saturated rings. The van der Waals surface area contributed by atoms with Crippen molar-refractivity contribution in [1.29, 1.82) is 0 Å².